The van der Waals surface area contributed by atoms with Crippen molar-refractivity contribution in [2.75, 3.05) is 20.3 Å². The van der Waals surface area contributed by atoms with E-state index in [0.717, 1.165) is 11.1 Å². The Kier molecular flexibility index (Phi) is 5.33. The van der Waals surface area contributed by atoms with Crippen molar-refractivity contribution in [1.29, 1.82) is 0 Å². The fraction of sp³-hybridized carbons (Fsp3) is 0.500. The van der Waals surface area contributed by atoms with Gasteiger partial charge in [0.1, 0.15) is 6.04 Å². The highest BCUT2D eigenvalue weighted by Gasteiger charge is 2.28. The lowest BCUT2D eigenvalue weighted by atomic mass is 10.0. The summed E-state index contributed by atoms with van der Waals surface area (Å²) in [6, 6.07) is 7.21. The number of carbonyl (C=O) groups is 2. The average Bonchev–Trinajstić information content (AvgIpc) is 3.02. The predicted octanol–water partition coefficient (Wildman–Crippen LogP) is 1.23. The molecule has 2 atom stereocenters. The van der Waals surface area contributed by atoms with Gasteiger partial charge in [-0.25, -0.2) is 4.79 Å². The van der Waals surface area contributed by atoms with E-state index in [-0.39, 0.29) is 11.8 Å². The predicted molar refractivity (Wildman–Crippen MR) is 77.8 cm³/mol. The molecule has 1 aliphatic rings. The standard InChI is InChI=1S/C16H21NO4/c1-11-3-5-12(6-4-11)9-14(16(19)20-2)17-15(18)13-7-8-21-10-13/h3-6,13-14H,7-10H2,1-2H3,(H,17,18)/t13-,14-/m0/s1. The van der Waals surface area contributed by atoms with Crippen molar-refractivity contribution in [2.45, 2.75) is 25.8 Å². The van der Waals surface area contributed by atoms with Crippen molar-refractivity contribution in [2.24, 2.45) is 5.92 Å². The second kappa shape index (κ2) is 7.22. The molecule has 0 aliphatic carbocycles. The molecular formula is C16H21NO4. The molecule has 5 nitrogen and oxygen atoms in total. The zero-order valence-electron chi connectivity index (χ0n) is 12.4. The first-order chi connectivity index (χ1) is 10.1. The van der Waals surface area contributed by atoms with Crippen LogP contribution in [0, 0.1) is 12.8 Å². The summed E-state index contributed by atoms with van der Waals surface area (Å²) in [6.07, 6.45) is 1.12. The van der Waals surface area contributed by atoms with Gasteiger partial charge in [-0.3, -0.25) is 4.79 Å². The monoisotopic (exact) mass is 291 g/mol. The number of hydrogen-bond acceptors (Lipinski definition) is 4. The first-order valence-corrected chi connectivity index (χ1v) is 7.11. The van der Waals surface area contributed by atoms with Crippen LogP contribution in [0.1, 0.15) is 17.5 Å². The molecule has 5 heteroatoms. The summed E-state index contributed by atoms with van der Waals surface area (Å²) in [4.78, 5) is 24.0. The summed E-state index contributed by atoms with van der Waals surface area (Å²) in [5.74, 6) is -0.743. The van der Waals surface area contributed by atoms with E-state index in [2.05, 4.69) is 5.32 Å². The number of ether oxygens (including phenoxy) is 2. The van der Waals surface area contributed by atoms with Gasteiger partial charge in [-0.05, 0) is 18.9 Å². The van der Waals surface area contributed by atoms with Gasteiger partial charge in [-0.15, -0.1) is 0 Å². The Hall–Kier alpha value is -1.88. The summed E-state index contributed by atoms with van der Waals surface area (Å²) >= 11 is 0. The minimum atomic E-state index is -0.661. The van der Waals surface area contributed by atoms with E-state index in [9.17, 15) is 9.59 Å². The third kappa shape index (κ3) is 4.29. The normalized spacial score (nSPS) is 19.0. The Balaban J connectivity index is 2.01. The molecule has 0 spiro atoms. The van der Waals surface area contributed by atoms with Gasteiger partial charge in [-0.2, -0.15) is 0 Å². The van der Waals surface area contributed by atoms with Gasteiger partial charge in [0.05, 0.1) is 19.6 Å². The smallest absolute Gasteiger partial charge is 0.328 e. The van der Waals surface area contributed by atoms with E-state index in [1.54, 1.807) is 0 Å². The number of benzene rings is 1. The maximum atomic E-state index is 12.1. The summed E-state index contributed by atoms with van der Waals surface area (Å²) in [7, 11) is 1.33. The van der Waals surface area contributed by atoms with Crippen LogP contribution in [0.2, 0.25) is 0 Å². The molecule has 0 radical (unpaired) electrons. The molecule has 0 saturated carbocycles. The Morgan fingerprint density at radius 1 is 1.38 bits per heavy atom. The molecule has 1 saturated heterocycles. The van der Waals surface area contributed by atoms with E-state index in [1.807, 2.05) is 31.2 Å². The number of carbonyl (C=O) groups excluding carboxylic acids is 2. The highest BCUT2D eigenvalue weighted by atomic mass is 16.5. The fourth-order valence-corrected chi connectivity index (χ4v) is 2.33. The average molecular weight is 291 g/mol. The SMILES string of the molecule is COC(=O)[C@H](Cc1ccc(C)cc1)NC(=O)[C@H]1CCOC1. The second-order valence-corrected chi connectivity index (χ2v) is 5.33. The third-order valence-corrected chi connectivity index (χ3v) is 3.66. The molecule has 21 heavy (non-hydrogen) atoms. The lowest BCUT2D eigenvalue weighted by molar-refractivity contribution is -0.145. The Morgan fingerprint density at radius 3 is 2.67 bits per heavy atom. The van der Waals surface area contributed by atoms with Crippen molar-refractivity contribution >= 4 is 11.9 Å². The van der Waals surface area contributed by atoms with Crippen LogP contribution in [0.3, 0.4) is 0 Å². The maximum Gasteiger partial charge on any atom is 0.328 e. The summed E-state index contributed by atoms with van der Waals surface area (Å²) in [5.41, 5.74) is 2.14. The second-order valence-electron chi connectivity index (χ2n) is 5.33. The topological polar surface area (TPSA) is 64.6 Å². The fourth-order valence-electron chi connectivity index (χ4n) is 2.33. The minimum Gasteiger partial charge on any atom is -0.467 e. The lowest BCUT2D eigenvalue weighted by Crippen LogP contribution is -2.45. The van der Waals surface area contributed by atoms with E-state index < -0.39 is 12.0 Å². The lowest BCUT2D eigenvalue weighted by Gasteiger charge is -2.18. The van der Waals surface area contributed by atoms with E-state index >= 15 is 0 Å². The minimum absolute atomic E-state index is 0.144. The maximum absolute atomic E-state index is 12.1. The molecule has 1 amide bonds. The number of amides is 1. The number of nitrogens with one attached hydrogen (secondary N) is 1. The molecule has 1 heterocycles. The van der Waals surface area contributed by atoms with Crippen LogP contribution in [0.15, 0.2) is 24.3 Å². The van der Waals surface area contributed by atoms with Crippen LogP contribution in [-0.4, -0.2) is 38.2 Å². The van der Waals surface area contributed by atoms with Crippen molar-refractivity contribution < 1.29 is 19.1 Å². The highest BCUT2D eigenvalue weighted by Crippen LogP contribution is 2.13. The van der Waals surface area contributed by atoms with E-state index in [1.165, 1.54) is 7.11 Å². The molecule has 1 aromatic carbocycles. The van der Waals surface area contributed by atoms with Crippen LogP contribution < -0.4 is 5.32 Å². The molecule has 0 unspecified atom stereocenters. The van der Waals surface area contributed by atoms with E-state index in [4.69, 9.17) is 9.47 Å². The molecule has 0 bridgehead atoms. The molecule has 114 valence electrons. The molecule has 2 rings (SSSR count). The third-order valence-electron chi connectivity index (χ3n) is 3.66. The zero-order chi connectivity index (χ0) is 15.2. The molecule has 1 N–H and O–H groups in total. The number of methoxy groups -OCH3 is 1. The Bertz CT molecular complexity index is 492. The van der Waals surface area contributed by atoms with Gasteiger partial charge in [0, 0.05) is 13.0 Å². The van der Waals surface area contributed by atoms with Gasteiger partial charge in [0.15, 0.2) is 0 Å². The van der Waals surface area contributed by atoms with Crippen LogP contribution in [0.25, 0.3) is 0 Å². The number of esters is 1. The first-order valence-electron chi connectivity index (χ1n) is 7.11. The number of rotatable bonds is 5. The Morgan fingerprint density at radius 2 is 2.10 bits per heavy atom. The first kappa shape index (κ1) is 15.5. The molecule has 1 fully saturated rings. The Labute approximate surface area is 124 Å². The summed E-state index contributed by atoms with van der Waals surface area (Å²) in [6.45, 7) is 3.02. The van der Waals surface area contributed by atoms with Crippen LogP contribution >= 0.6 is 0 Å². The van der Waals surface area contributed by atoms with Gasteiger partial charge in [0.2, 0.25) is 5.91 Å². The van der Waals surface area contributed by atoms with Crippen LogP contribution in [0.5, 0.6) is 0 Å². The molecule has 1 aromatic rings. The molecular weight excluding hydrogens is 270 g/mol. The zero-order valence-corrected chi connectivity index (χ0v) is 12.4. The quantitative estimate of drug-likeness (QED) is 0.829. The largest absolute Gasteiger partial charge is 0.467 e. The van der Waals surface area contributed by atoms with Gasteiger partial charge in [-0.1, -0.05) is 29.8 Å². The summed E-state index contributed by atoms with van der Waals surface area (Å²) < 4.78 is 9.99. The van der Waals surface area contributed by atoms with Crippen LogP contribution in [-0.2, 0) is 25.5 Å². The van der Waals surface area contributed by atoms with Crippen molar-refractivity contribution in [3.8, 4) is 0 Å². The molecule has 1 aliphatic heterocycles. The highest BCUT2D eigenvalue weighted by molar-refractivity contribution is 5.86. The summed E-state index contributed by atoms with van der Waals surface area (Å²) in [5, 5.41) is 2.78. The van der Waals surface area contributed by atoms with Gasteiger partial charge >= 0.3 is 5.97 Å². The van der Waals surface area contributed by atoms with Crippen LogP contribution in [0.4, 0.5) is 0 Å². The van der Waals surface area contributed by atoms with Gasteiger partial charge < -0.3 is 14.8 Å². The van der Waals surface area contributed by atoms with E-state index in [0.29, 0.717) is 26.1 Å². The van der Waals surface area contributed by atoms with Crippen molar-refractivity contribution in [3.05, 3.63) is 35.4 Å². The number of aryl methyl sites for hydroxylation is 1. The number of hydrogen-bond donors (Lipinski definition) is 1. The van der Waals surface area contributed by atoms with Gasteiger partial charge in [0.25, 0.3) is 0 Å². The molecule has 0 aromatic heterocycles. The van der Waals surface area contributed by atoms with Crippen molar-refractivity contribution in [3.63, 3.8) is 0 Å². The van der Waals surface area contributed by atoms with Crippen molar-refractivity contribution in [1.82, 2.24) is 5.32 Å².